The van der Waals surface area contributed by atoms with E-state index >= 15 is 0 Å². The SMILES string of the molecule is CCCCCCCCC(CCCCCC)C(=O)OCCCCCC(C)(CCCC)CCCCCC1CC1. The second-order valence-electron chi connectivity index (χ2n) is 13.0. The van der Waals surface area contributed by atoms with Gasteiger partial charge in [0, 0.05) is 0 Å². The summed E-state index contributed by atoms with van der Waals surface area (Å²) in [5, 5.41) is 0. The number of esters is 1. The Kier molecular flexibility index (Phi) is 21.8. The zero-order valence-corrected chi connectivity index (χ0v) is 26.1. The molecule has 1 aliphatic carbocycles. The van der Waals surface area contributed by atoms with E-state index in [1.807, 2.05) is 0 Å². The maximum Gasteiger partial charge on any atom is 0.308 e. The maximum atomic E-state index is 12.9. The number of rotatable bonds is 28. The lowest BCUT2D eigenvalue weighted by atomic mass is 9.76. The van der Waals surface area contributed by atoms with E-state index in [0.29, 0.717) is 12.0 Å². The number of hydrogen-bond acceptors (Lipinski definition) is 2. The first-order valence-corrected chi connectivity index (χ1v) is 17.2. The van der Waals surface area contributed by atoms with Gasteiger partial charge in [-0.25, -0.2) is 0 Å². The van der Waals surface area contributed by atoms with Crippen molar-refractivity contribution in [1.29, 1.82) is 0 Å². The lowest BCUT2D eigenvalue weighted by Gasteiger charge is -2.30. The fourth-order valence-electron chi connectivity index (χ4n) is 6.04. The second-order valence-corrected chi connectivity index (χ2v) is 13.0. The molecule has 0 aromatic carbocycles. The highest BCUT2D eigenvalue weighted by Crippen LogP contribution is 2.38. The molecule has 0 aromatic rings. The van der Waals surface area contributed by atoms with Crippen LogP contribution in [-0.4, -0.2) is 12.6 Å². The first kappa shape index (κ1) is 34.5. The van der Waals surface area contributed by atoms with Crippen LogP contribution in [0.1, 0.15) is 195 Å². The molecule has 1 rings (SSSR count). The van der Waals surface area contributed by atoms with Crippen molar-refractivity contribution in [1.82, 2.24) is 0 Å². The molecule has 0 aromatic heterocycles. The highest BCUT2D eigenvalue weighted by Gasteiger charge is 2.24. The van der Waals surface area contributed by atoms with E-state index in [9.17, 15) is 4.79 Å². The summed E-state index contributed by atoms with van der Waals surface area (Å²) >= 11 is 0. The third-order valence-corrected chi connectivity index (χ3v) is 9.04. The van der Waals surface area contributed by atoms with Gasteiger partial charge < -0.3 is 4.74 Å². The van der Waals surface area contributed by atoms with Gasteiger partial charge in [0.25, 0.3) is 0 Å². The molecule has 1 saturated carbocycles. The summed E-state index contributed by atoms with van der Waals surface area (Å²) in [5.74, 6) is 1.33. The van der Waals surface area contributed by atoms with Gasteiger partial charge >= 0.3 is 5.97 Å². The average Bonchev–Trinajstić information content (AvgIpc) is 3.72. The van der Waals surface area contributed by atoms with E-state index in [0.717, 1.165) is 25.2 Å². The van der Waals surface area contributed by atoms with Crippen LogP contribution in [0.15, 0.2) is 0 Å². The minimum Gasteiger partial charge on any atom is -0.465 e. The van der Waals surface area contributed by atoms with E-state index < -0.39 is 0 Å². The van der Waals surface area contributed by atoms with Gasteiger partial charge in [0.05, 0.1) is 12.5 Å². The van der Waals surface area contributed by atoms with Crippen molar-refractivity contribution in [2.24, 2.45) is 17.3 Å². The van der Waals surface area contributed by atoms with E-state index in [4.69, 9.17) is 4.74 Å². The Hall–Kier alpha value is -0.530. The van der Waals surface area contributed by atoms with E-state index in [2.05, 4.69) is 27.7 Å². The molecule has 1 fully saturated rings. The van der Waals surface area contributed by atoms with Gasteiger partial charge in [0.15, 0.2) is 0 Å². The summed E-state index contributed by atoms with van der Waals surface area (Å²) in [6.07, 6.45) is 34.0. The number of carbonyl (C=O) groups is 1. The Morgan fingerprint density at radius 2 is 1.14 bits per heavy atom. The maximum absolute atomic E-state index is 12.9. The minimum atomic E-state index is 0.101. The molecule has 220 valence electrons. The molecule has 0 spiro atoms. The van der Waals surface area contributed by atoms with Crippen molar-refractivity contribution in [2.75, 3.05) is 6.61 Å². The largest absolute Gasteiger partial charge is 0.465 e. The molecule has 2 atom stereocenters. The molecule has 0 amide bonds. The molecule has 2 nitrogen and oxygen atoms in total. The summed E-state index contributed by atoms with van der Waals surface area (Å²) in [7, 11) is 0. The van der Waals surface area contributed by atoms with Crippen LogP contribution >= 0.6 is 0 Å². The second kappa shape index (κ2) is 23.4. The molecule has 1 aliphatic rings. The van der Waals surface area contributed by atoms with Crippen molar-refractivity contribution < 1.29 is 9.53 Å². The lowest BCUT2D eigenvalue weighted by molar-refractivity contribution is -0.149. The predicted octanol–water partition coefficient (Wildman–Crippen LogP) is 12.0. The van der Waals surface area contributed by atoms with Crippen molar-refractivity contribution in [3.63, 3.8) is 0 Å². The molecule has 0 aliphatic heterocycles. The summed E-state index contributed by atoms with van der Waals surface area (Å²) in [6, 6.07) is 0. The molecule has 0 bridgehead atoms. The van der Waals surface area contributed by atoms with Crippen LogP contribution in [0.3, 0.4) is 0 Å². The van der Waals surface area contributed by atoms with Crippen molar-refractivity contribution in [2.45, 2.75) is 195 Å². The quantitative estimate of drug-likeness (QED) is 0.0757. The monoisotopic (exact) mass is 521 g/mol. The van der Waals surface area contributed by atoms with E-state index in [1.54, 1.807) is 0 Å². The van der Waals surface area contributed by atoms with Gasteiger partial charge in [-0.3, -0.25) is 4.79 Å². The van der Waals surface area contributed by atoms with Gasteiger partial charge in [-0.2, -0.15) is 0 Å². The molecule has 0 heterocycles. The van der Waals surface area contributed by atoms with Crippen LogP contribution in [-0.2, 0) is 9.53 Å². The third kappa shape index (κ3) is 20.1. The fraction of sp³-hybridized carbons (Fsp3) is 0.971. The molecule has 0 N–H and O–H groups in total. The summed E-state index contributed by atoms with van der Waals surface area (Å²) in [4.78, 5) is 12.9. The van der Waals surface area contributed by atoms with Crippen LogP contribution < -0.4 is 0 Å². The molecule has 2 heteroatoms. The fourth-order valence-corrected chi connectivity index (χ4v) is 6.04. The zero-order chi connectivity index (χ0) is 27.0. The lowest BCUT2D eigenvalue weighted by Crippen LogP contribution is -2.19. The van der Waals surface area contributed by atoms with Gasteiger partial charge in [0.1, 0.15) is 0 Å². The Bertz CT molecular complexity index is 511. The Morgan fingerprint density at radius 1 is 0.649 bits per heavy atom. The topological polar surface area (TPSA) is 26.3 Å². The molecule has 0 radical (unpaired) electrons. The Labute approximate surface area is 233 Å². The normalized spacial score (nSPS) is 16.0. The first-order valence-electron chi connectivity index (χ1n) is 17.2. The van der Waals surface area contributed by atoms with E-state index in [-0.39, 0.29) is 11.9 Å². The predicted molar refractivity (Wildman–Crippen MR) is 163 cm³/mol. The van der Waals surface area contributed by atoms with Crippen LogP contribution in [0.25, 0.3) is 0 Å². The molecule has 2 unspecified atom stereocenters. The van der Waals surface area contributed by atoms with Crippen LogP contribution in [0.5, 0.6) is 0 Å². The van der Waals surface area contributed by atoms with Crippen molar-refractivity contribution in [3.8, 4) is 0 Å². The Balaban J connectivity index is 2.25. The number of carbonyl (C=O) groups excluding carboxylic acids is 1. The average molecular weight is 521 g/mol. The van der Waals surface area contributed by atoms with Crippen molar-refractivity contribution in [3.05, 3.63) is 0 Å². The summed E-state index contributed by atoms with van der Waals surface area (Å²) < 4.78 is 5.83. The Morgan fingerprint density at radius 3 is 1.73 bits per heavy atom. The van der Waals surface area contributed by atoms with Crippen LogP contribution in [0, 0.1) is 17.3 Å². The van der Waals surface area contributed by atoms with Gasteiger partial charge in [-0.1, -0.05) is 156 Å². The molecular formula is C35H68O2. The number of ether oxygens (including phenoxy) is 1. The highest BCUT2D eigenvalue weighted by molar-refractivity contribution is 5.72. The number of hydrogen-bond donors (Lipinski definition) is 0. The first-order chi connectivity index (χ1) is 18.0. The van der Waals surface area contributed by atoms with Gasteiger partial charge in [0.2, 0.25) is 0 Å². The molecule has 37 heavy (non-hydrogen) atoms. The smallest absolute Gasteiger partial charge is 0.308 e. The zero-order valence-electron chi connectivity index (χ0n) is 26.1. The summed E-state index contributed by atoms with van der Waals surface area (Å²) in [6.45, 7) is 10.0. The number of unbranched alkanes of at least 4 members (excludes halogenated alkanes) is 13. The van der Waals surface area contributed by atoms with E-state index in [1.165, 1.54) is 148 Å². The minimum absolute atomic E-state index is 0.101. The van der Waals surface area contributed by atoms with Gasteiger partial charge in [-0.05, 0) is 49.9 Å². The van der Waals surface area contributed by atoms with Crippen LogP contribution in [0.4, 0.5) is 0 Å². The molecule has 0 saturated heterocycles. The van der Waals surface area contributed by atoms with Crippen molar-refractivity contribution >= 4 is 5.97 Å². The summed E-state index contributed by atoms with van der Waals surface area (Å²) in [5.41, 5.74) is 0.521. The highest BCUT2D eigenvalue weighted by atomic mass is 16.5. The molecular weight excluding hydrogens is 452 g/mol. The van der Waals surface area contributed by atoms with Crippen LogP contribution in [0.2, 0.25) is 0 Å². The standard InChI is InChI=1S/C35H68O2/c1-5-8-11-13-14-19-25-33(24-18-12-9-6-2)34(36)37-31-22-16-21-30-35(4,28-10-7-3)29-20-15-17-23-32-26-27-32/h32-33H,5-31H2,1-4H3. The third-order valence-electron chi connectivity index (χ3n) is 9.04. The van der Waals surface area contributed by atoms with Gasteiger partial charge in [-0.15, -0.1) is 0 Å².